The molecule has 0 bridgehead atoms. The minimum absolute atomic E-state index is 0.0983. The number of hydrogen-bond acceptors (Lipinski definition) is 2. The molecule has 2 nitrogen and oxygen atoms in total. The van der Waals surface area contributed by atoms with Crippen LogP contribution in [0.3, 0.4) is 0 Å². The Morgan fingerprint density at radius 3 is 2.47 bits per heavy atom. The van der Waals surface area contributed by atoms with Crippen LogP contribution in [-0.2, 0) is 4.79 Å². The highest BCUT2D eigenvalue weighted by Gasteiger charge is 2.17. The van der Waals surface area contributed by atoms with Gasteiger partial charge < -0.3 is 0 Å². The molecule has 0 saturated heterocycles. The topological polar surface area (TPSA) is 29.4 Å². The number of isocyanates is 1. The zero-order valence-corrected chi connectivity index (χ0v) is 11.2. The minimum atomic E-state index is 0.0983. The lowest BCUT2D eigenvalue weighted by Crippen LogP contribution is -2.17. The predicted molar refractivity (Wildman–Crippen MR) is 73.7 cm³/mol. The maximum absolute atomic E-state index is 10.4. The fourth-order valence-corrected chi connectivity index (χ4v) is 2.00. The highest BCUT2D eigenvalue weighted by molar-refractivity contribution is 5.33. The molecule has 17 heavy (non-hydrogen) atoms. The average molecular weight is 235 g/mol. The van der Waals surface area contributed by atoms with E-state index in [0.717, 1.165) is 32.1 Å². The molecule has 0 fully saturated rings. The van der Waals surface area contributed by atoms with Gasteiger partial charge in [-0.3, -0.25) is 0 Å². The molecule has 0 aromatic heterocycles. The third kappa shape index (κ3) is 7.70. The molecule has 0 radical (unpaired) electrons. The van der Waals surface area contributed by atoms with Gasteiger partial charge in [0.2, 0.25) is 6.08 Å². The maximum Gasteiger partial charge on any atom is 0.235 e. The summed E-state index contributed by atoms with van der Waals surface area (Å²) in [5.74, 6) is 0.958. The Morgan fingerprint density at radius 1 is 1.29 bits per heavy atom. The van der Waals surface area contributed by atoms with Gasteiger partial charge in [-0.2, -0.15) is 0 Å². The van der Waals surface area contributed by atoms with E-state index in [0.29, 0.717) is 11.8 Å². The van der Waals surface area contributed by atoms with Crippen LogP contribution in [0.1, 0.15) is 46.0 Å². The molecule has 0 aliphatic carbocycles. The minimum Gasteiger partial charge on any atom is -0.211 e. The van der Waals surface area contributed by atoms with E-state index in [1.54, 1.807) is 6.08 Å². The van der Waals surface area contributed by atoms with E-state index in [-0.39, 0.29) is 6.04 Å². The van der Waals surface area contributed by atoms with Gasteiger partial charge in [-0.25, -0.2) is 9.79 Å². The first kappa shape index (κ1) is 15.9. The van der Waals surface area contributed by atoms with Gasteiger partial charge in [0.1, 0.15) is 0 Å². The Hall–Kier alpha value is -1.14. The van der Waals surface area contributed by atoms with Crippen molar-refractivity contribution >= 4 is 6.08 Å². The summed E-state index contributed by atoms with van der Waals surface area (Å²) >= 11 is 0. The molecule has 0 aliphatic heterocycles. The third-order valence-corrected chi connectivity index (χ3v) is 3.08. The van der Waals surface area contributed by atoms with E-state index in [1.807, 2.05) is 12.2 Å². The number of hydrogen-bond donors (Lipinski definition) is 0. The Morgan fingerprint density at radius 2 is 2.00 bits per heavy atom. The van der Waals surface area contributed by atoms with Crippen LogP contribution in [0.15, 0.2) is 30.3 Å². The molecule has 0 heterocycles. The lowest BCUT2D eigenvalue weighted by Gasteiger charge is -2.21. The van der Waals surface area contributed by atoms with Crippen LogP contribution < -0.4 is 0 Å². The number of carbonyl (C=O) groups excluding carboxylic acids is 1. The summed E-state index contributed by atoms with van der Waals surface area (Å²) < 4.78 is 0. The molecule has 2 heteroatoms. The summed E-state index contributed by atoms with van der Waals surface area (Å²) in [6.45, 7) is 11.7. The van der Waals surface area contributed by atoms with Crippen molar-refractivity contribution in [2.24, 2.45) is 16.8 Å². The molecule has 96 valence electrons. The Bertz CT molecular complexity index is 264. The molecule has 2 unspecified atom stereocenters. The quantitative estimate of drug-likeness (QED) is 0.240. The number of allylic oxidation sites excluding steroid dienone is 2. The van der Waals surface area contributed by atoms with E-state index >= 15 is 0 Å². The van der Waals surface area contributed by atoms with Crippen molar-refractivity contribution in [1.29, 1.82) is 0 Å². The number of nitrogens with zero attached hydrogens (tertiary/aromatic N) is 1. The predicted octanol–water partition coefficient (Wildman–Crippen LogP) is 4.29. The molecule has 0 amide bonds. The number of unbranched alkanes of at least 4 members (excludes halogenated alkanes) is 1. The Kier molecular flexibility index (Phi) is 9.37. The molecular formula is C15H25NO. The zero-order chi connectivity index (χ0) is 13.1. The van der Waals surface area contributed by atoms with Crippen LogP contribution in [0, 0.1) is 11.8 Å². The second-order valence-electron chi connectivity index (χ2n) is 4.88. The molecule has 2 atom stereocenters. The summed E-state index contributed by atoms with van der Waals surface area (Å²) in [5.41, 5.74) is 0. The van der Waals surface area contributed by atoms with Gasteiger partial charge in [0, 0.05) is 0 Å². The summed E-state index contributed by atoms with van der Waals surface area (Å²) in [6, 6.07) is 0.0983. The van der Waals surface area contributed by atoms with E-state index in [1.165, 1.54) is 0 Å². The zero-order valence-electron chi connectivity index (χ0n) is 11.2. The molecule has 0 N–H and O–H groups in total. The molecule has 0 aromatic carbocycles. The summed E-state index contributed by atoms with van der Waals surface area (Å²) in [4.78, 5) is 14.3. The molecule has 0 spiro atoms. The first-order chi connectivity index (χ1) is 8.15. The normalized spacial score (nSPS) is 13.8. The standard InChI is InChI=1S/C15H25NO/c1-5-7-8-10-14(9-6-2)11-15(13(3)4)16-12-17/h5-6,13-15H,1-2,7-11H2,3-4H3. The highest BCUT2D eigenvalue weighted by atomic mass is 16.1. The lowest BCUT2D eigenvalue weighted by molar-refractivity contribution is 0.353. The average Bonchev–Trinajstić information content (AvgIpc) is 2.28. The van der Waals surface area contributed by atoms with Gasteiger partial charge in [-0.1, -0.05) is 26.0 Å². The van der Waals surface area contributed by atoms with Crippen molar-refractivity contribution in [3.05, 3.63) is 25.3 Å². The van der Waals surface area contributed by atoms with E-state index in [9.17, 15) is 4.79 Å². The smallest absolute Gasteiger partial charge is 0.211 e. The number of rotatable bonds is 10. The first-order valence-electron chi connectivity index (χ1n) is 6.44. The molecule has 0 rings (SSSR count). The third-order valence-electron chi connectivity index (χ3n) is 3.08. The molecule has 0 aliphatic rings. The van der Waals surface area contributed by atoms with Gasteiger partial charge in [0.05, 0.1) is 6.04 Å². The van der Waals surface area contributed by atoms with Crippen LogP contribution in [0.2, 0.25) is 0 Å². The van der Waals surface area contributed by atoms with E-state index < -0.39 is 0 Å². The fourth-order valence-electron chi connectivity index (χ4n) is 2.00. The summed E-state index contributed by atoms with van der Waals surface area (Å²) in [6.07, 6.45) is 10.9. The van der Waals surface area contributed by atoms with Crippen LogP contribution in [0.4, 0.5) is 0 Å². The molecule has 0 aromatic rings. The van der Waals surface area contributed by atoms with Crippen LogP contribution in [-0.4, -0.2) is 12.1 Å². The summed E-state index contributed by atoms with van der Waals surface area (Å²) in [5, 5.41) is 0. The van der Waals surface area contributed by atoms with E-state index in [2.05, 4.69) is 32.0 Å². The highest BCUT2D eigenvalue weighted by Crippen LogP contribution is 2.24. The van der Waals surface area contributed by atoms with Crippen molar-refractivity contribution in [1.82, 2.24) is 0 Å². The maximum atomic E-state index is 10.4. The summed E-state index contributed by atoms with van der Waals surface area (Å²) in [7, 11) is 0. The van der Waals surface area contributed by atoms with E-state index in [4.69, 9.17) is 0 Å². The largest absolute Gasteiger partial charge is 0.235 e. The first-order valence-corrected chi connectivity index (χ1v) is 6.44. The Labute approximate surface area is 106 Å². The number of aliphatic imine (C=N–C) groups is 1. The van der Waals surface area contributed by atoms with Crippen molar-refractivity contribution in [2.75, 3.05) is 0 Å². The molecular weight excluding hydrogens is 210 g/mol. The molecule has 0 saturated carbocycles. The second-order valence-corrected chi connectivity index (χ2v) is 4.88. The van der Waals surface area contributed by atoms with Crippen molar-refractivity contribution < 1.29 is 4.79 Å². The fraction of sp³-hybridized carbons (Fsp3) is 0.667. The van der Waals surface area contributed by atoms with Crippen LogP contribution in [0.25, 0.3) is 0 Å². The van der Waals surface area contributed by atoms with Gasteiger partial charge in [0.15, 0.2) is 0 Å². The van der Waals surface area contributed by atoms with Crippen molar-refractivity contribution in [3.8, 4) is 0 Å². The Balaban J connectivity index is 4.31. The van der Waals surface area contributed by atoms with Crippen LogP contribution >= 0.6 is 0 Å². The van der Waals surface area contributed by atoms with Crippen LogP contribution in [0.5, 0.6) is 0 Å². The van der Waals surface area contributed by atoms with Crippen molar-refractivity contribution in [3.63, 3.8) is 0 Å². The van der Waals surface area contributed by atoms with Crippen molar-refractivity contribution in [2.45, 2.75) is 52.0 Å². The lowest BCUT2D eigenvalue weighted by atomic mass is 9.87. The SMILES string of the molecule is C=CCCCC(CC=C)CC(N=C=O)C(C)C. The second kappa shape index (κ2) is 10.0. The monoisotopic (exact) mass is 235 g/mol. The van der Waals surface area contributed by atoms with Gasteiger partial charge in [-0.15, -0.1) is 13.2 Å². The van der Waals surface area contributed by atoms with Gasteiger partial charge in [0.25, 0.3) is 0 Å². The van der Waals surface area contributed by atoms with Gasteiger partial charge >= 0.3 is 0 Å². The van der Waals surface area contributed by atoms with Gasteiger partial charge in [-0.05, 0) is 43.9 Å².